The van der Waals surface area contributed by atoms with Crippen molar-refractivity contribution in [3.05, 3.63) is 29.8 Å². The maximum absolute atomic E-state index is 11.5. The van der Waals surface area contributed by atoms with E-state index in [9.17, 15) is 4.79 Å². The zero-order chi connectivity index (χ0) is 14.1. The molecule has 1 aromatic carbocycles. The minimum atomic E-state index is -0.152. The van der Waals surface area contributed by atoms with Gasteiger partial charge in [0.05, 0.1) is 7.11 Å². The third-order valence-electron chi connectivity index (χ3n) is 2.67. The van der Waals surface area contributed by atoms with Gasteiger partial charge >= 0.3 is 5.97 Å². The van der Waals surface area contributed by atoms with Crippen molar-refractivity contribution in [2.75, 3.05) is 13.7 Å². The number of nitrogens with one attached hydrogen (secondary N) is 1. The van der Waals surface area contributed by atoms with Crippen LogP contribution in [0.2, 0.25) is 0 Å². The maximum Gasteiger partial charge on any atom is 0.306 e. The van der Waals surface area contributed by atoms with E-state index in [1.54, 1.807) is 7.11 Å². The fraction of sp³-hybridized carbons (Fsp3) is 0.533. The number of rotatable bonds is 8. The lowest BCUT2D eigenvalue weighted by atomic mass is 10.2. The maximum atomic E-state index is 11.5. The summed E-state index contributed by atoms with van der Waals surface area (Å²) in [6, 6.07) is 7.96. The van der Waals surface area contributed by atoms with Crippen molar-refractivity contribution in [3.63, 3.8) is 0 Å². The average Bonchev–Trinajstić information content (AvgIpc) is 2.41. The Kier molecular flexibility index (Phi) is 6.97. The molecule has 0 aliphatic carbocycles. The van der Waals surface area contributed by atoms with Crippen molar-refractivity contribution in [1.82, 2.24) is 5.32 Å². The molecule has 4 nitrogen and oxygen atoms in total. The van der Waals surface area contributed by atoms with Crippen molar-refractivity contribution in [2.24, 2.45) is 0 Å². The number of carbonyl (C=O) groups is 1. The molecule has 19 heavy (non-hydrogen) atoms. The van der Waals surface area contributed by atoms with Crippen LogP contribution in [0.1, 0.15) is 32.3 Å². The molecule has 4 heteroatoms. The number of benzene rings is 1. The molecule has 1 N–H and O–H groups in total. The first-order valence-electron chi connectivity index (χ1n) is 6.63. The summed E-state index contributed by atoms with van der Waals surface area (Å²) in [5.74, 6) is 0.649. The van der Waals surface area contributed by atoms with E-state index < -0.39 is 0 Å². The van der Waals surface area contributed by atoms with Gasteiger partial charge in [0.1, 0.15) is 12.4 Å². The van der Waals surface area contributed by atoms with Crippen molar-refractivity contribution in [3.8, 4) is 5.75 Å². The second-order valence-electron chi connectivity index (χ2n) is 4.72. The van der Waals surface area contributed by atoms with Crippen LogP contribution in [0, 0.1) is 0 Å². The highest BCUT2D eigenvalue weighted by atomic mass is 16.5. The Hall–Kier alpha value is -1.55. The number of hydrogen-bond acceptors (Lipinski definition) is 4. The molecule has 0 aliphatic heterocycles. The van der Waals surface area contributed by atoms with Gasteiger partial charge in [-0.2, -0.15) is 0 Å². The van der Waals surface area contributed by atoms with Crippen LogP contribution in [-0.2, 0) is 16.1 Å². The van der Waals surface area contributed by atoms with E-state index in [0.29, 0.717) is 19.1 Å². The summed E-state index contributed by atoms with van der Waals surface area (Å²) in [4.78, 5) is 11.5. The van der Waals surface area contributed by atoms with Crippen LogP contribution >= 0.6 is 0 Å². The lowest BCUT2D eigenvalue weighted by Crippen LogP contribution is -2.24. The topological polar surface area (TPSA) is 47.6 Å². The molecule has 1 aromatic rings. The van der Waals surface area contributed by atoms with Crippen molar-refractivity contribution in [1.29, 1.82) is 0 Å². The lowest BCUT2D eigenvalue weighted by molar-refractivity contribution is -0.145. The second-order valence-corrected chi connectivity index (χ2v) is 4.72. The lowest BCUT2D eigenvalue weighted by Gasteiger charge is -2.08. The highest BCUT2D eigenvalue weighted by Crippen LogP contribution is 2.12. The van der Waals surface area contributed by atoms with Gasteiger partial charge in [-0.15, -0.1) is 0 Å². The second kappa shape index (κ2) is 8.53. The summed E-state index contributed by atoms with van der Waals surface area (Å²) < 4.78 is 10.3. The Balaban J connectivity index is 2.18. The molecule has 0 bridgehead atoms. The number of hydrogen-bond donors (Lipinski definition) is 1. The molecule has 0 saturated heterocycles. The van der Waals surface area contributed by atoms with Crippen LogP contribution < -0.4 is 10.1 Å². The molecule has 0 radical (unpaired) electrons. The van der Waals surface area contributed by atoms with Gasteiger partial charge in [0.15, 0.2) is 0 Å². The number of ether oxygens (including phenoxy) is 2. The van der Waals surface area contributed by atoms with Gasteiger partial charge in [-0.25, -0.2) is 0 Å². The highest BCUT2D eigenvalue weighted by molar-refractivity contribution is 5.69. The summed E-state index contributed by atoms with van der Waals surface area (Å²) in [7, 11) is 1.63. The molecule has 0 aromatic heterocycles. The molecule has 0 saturated carbocycles. The van der Waals surface area contributed by atoms with Crippen molar-refractivity contribution < 1.29 is 14.3 Å². The number of carbonyl (C=O) groups excluding carboxylic acids is 1. The summed E-state index contributed by atoms with van der Waals surface area (Å²) in [6.45, 7) is 5.33. The van der Waals surface area contributed by atoms with E-state index in [1.807, 2.05) is 24.3 Å². The van der Waals surface area contributed by atoms with E-state index in [2.05, 4.69) is 19.2 Å². The summed E-state index contributed by atoms with van der Waals surface area (Å²) in [6.07, 6.45) is 1.26. The molecule has 0 fully saturated rings. The van der Waals surface area contributed by atoms with E-state index in [1.165, 1.54) is 0 Å². The Labute approximate surface area is 115 Å². The molecule has 0 unspecified atom stereocenters. The summed E-state index contributed by atoms with van der Waals surface area (Å²) >= 11 is 0. The summed E-state index contributed by atoms with van der Waals surface area (Å²) in [5.41, 5.74) is 0.967. The first kappa shape index (κ1) is 15.5. The quantitative estimate of drug-likeness (QED) is 0.579. The third kappa shape index (κ3) is 6.82. The molecular weight excluding hydrogens is 242 g/mol. The van der Waals surface area contributed by atoms with Gasteiger partial charge in [-0.3, -0.25) is 4.79 Å². The normalized spacial score (nSPS) is 10.5. The molecular formula is C15H23NO3. The molecule has 0 aliphatic rings. The first-order chi connectivity index (χ1) is 9.11. The number of methoxy groups -OCH3 is 1. The third-order valence-corrected chi connectivity index (χ3v) is 2.67. The van der Waals surface area contributed by atoms with Crippen LogP contribution in [0.4, 0.5) is 0 Å². The molecule has 106 valence electrons. The minimum Gasteiger partial charge on any atom is -0.497 e. The predicted octanol–water partition coefficient (Wildman–Crippen LogP) is 2.52. The van der Waals surface area contributed by atoms with Crippen LogP contribution in [0.5, 0.6) is 5.75 Å². The Bertz CT molecular complexity index is 373. The van der Waals surface area contributed by atoms with Gasteiger partial charge in [-0.1, -0.05) is 26.0 Å². The van der Waals surface area contributed by atoms with E-state index in [0.717, 1.165) is 24.3 Å². The fourth-order valence-electron chi connectivity index (χ4n) is 1.58. The van der Waals surface area contributed by atoms with Crippen LogP contribution in [0.3, 0.4) is 0 Å². The average molecular weight is 265 g/mol. The Morgan fingerprint density at radius 1 is 1.26 bits per heavy atom. The Morgan fingerprint density at radius 2 is 1.95 bits per heavy atom. The first-order valence-corrected chi connectivity index (χ1v) is 6.63. The zero-order valence-corrected chi connectivity index (χ0v) is 11.9. The van der Waals surface area contributed by atoms with E-state index in [-0.39, 0.29) is 5.97 Å². The monoisotopic (exact) mass is 265 g/mol. The SMILES string of the molecule is COc1ccc(COC(=O)CCCNC(C)C)cc1. The molecule has 0 amide bonds. The highest BCUT2D eigenvalue weighted by Gasteiger charge is 2.03. The summed E-state index contributed by atoms with van der Waals surface area (Å²) in [5, 5.41) is 3.27. The van der Waals surface area contributed by atoms with E-state index in [4.69, 9.17) is 9.47 Å². The molecule has 0 spiro atoms. The van der Waals surface area contributed by atoms with Crippen LogP contribution in [0.25, 0.3) is 0 Å². The Morgan fingerprint density at radius 3 is 2.53 bits per heavy atom. The van der Waals surface area contributed by atoms with Crippen LogP contribution in [0.15, 0.2) is 24.3 Å². The standard InChI is InChI=1S/C15H23NO3/c1-12(2)16-10-4-5-15(17)19-11-13-6-8-14(18-3)9-7-13/h6-9,12,16H,4-5,10-11H2,1-3H3. The van der Waals surface area contributed by atoms with Gasteiger partial charge in [-0.05, 0) is 30.7 Å². The van der Waals surface area contributed by atoms with Crippen molar-refractivity contribution in [2.45, 2.75) is 39.3 Å². The molecule has 1 rings (SSSR count). The minimum absolute atomic E-state index is 0.152. The largest absolute Gasteiger partial charge is 0.497 e. The van der Waals surface area contributed by atoms with Crippen molar-refractivity contribution >= 4 is 5.97 Å². The smallest absolute Gasteiger partial charge is 0.306 e. The zero-order valence-electron chi connectivity index (χ0n) is 11.9. The number of esters is 1. The van der Waals surface area contributed by atoms with Gasteiger partial charge in [0, 0.05) is 12.5 Å². The molecule has 0 atom stereocenters. The molecule has 0 heterocycles. The van der Waals surface area contributed by atoms with Gasteiger partial charge in [0.25, 0.3) is 0 Å². The predicted molar refractivity (Wildman–Crippen MR) is 75.2 cm³/mol. The fourth-order valence-corrected chi connectivity index (χ4v) is 1.58. The van der Waals surface area contributed by atoms with Gasteiger partial charge < -0.3 is 14.8 Å². The van der Waals surface area contributed by atoms with Gasteiger partial charge in [0.2, 0.25) is 0 Å². The van der Waals surface area contributed by atoms with E-state index >= 15 is 0 Å². The van der Waals surface area contributed by atoms with Crippen LogP contribution in [-0.4, -0.2) is 25.7 Å².